The van der Waals surface area contributed by atoms with E-state index in [0.29, 0.717) is 16.3 Å². The Morgan fingerprint density at radius 1 is 1.16 bits per heavy atom. The minimum Gasteiger partial charge on any atom is -0.481 e. The average Bonchev–Trinajstić information content (AvgIpc) is 2.95. The zero-order valence-electron chi connectivity index (χ0n) is 14.8. The van der Waals surface area contributed by atoms with Gasteiger partial charge in [0.1, 0.15) is 5.52 Å². The molecule has 8 nitrogen and oxygen atoms in total. The number of oxazole rings is 1. The summed E-state index contributed by atoms with van der Waals surface area (Å²) in [6.07, 6.45) is -0.414. The highest BCUT2D eigenvalue weighted by molar-refractivity contribution is 7.99. The first-order chi connectivity index (χ1) is 11.9. The van der Waals surface area contributed by atoms with E-state index in [-0.39, 0.29) is 5.75 Å². The fourth-order valence-electron chi connectivity index (χ4n) is 1.51. The molecular formula is C16H25N3O5S. The second kappa shape index (κ2) is 13.2. The summed E-state index contributed by atoms with van der Waals surface area (Å²) in [7, 11) is 7.50. The van der Waals surface area contributed by atoms with Crippen molar-refractivity contribution in [3.8, 4) is 0 Å². The van der Waals surface area contributed by atoms with Crippen LogP contribution in [0.5, 0.6) is 0 Å². The molecular weight excluding hydrogens is 346 g/mol. The molecule has 0 bridgehead atoms. The third kappa shape index (κ3) is 9.70. The van der Waals surface area contributed by atoms with Gasteiger partial charge >= 0.3 is 11.9 Å². The standard InChI is InChI=1S/C12H11NO5S.2C2H7N/c14-10(15)5-7(11(16)17)6-19-12-13-8-3-1-2-4-9(8)18-12;2*1-3-2/h1-4,7H,5-6H2,(H,14,15)(H,16,17);2*3H,1-2H3. The molecule has 2 rings (SSSR count). The Bertz CT molecular complexity index is 612. The van der Waals surface area contributed by atoms with Gasteiger partial charge in [-0.15, -0.1) is 0 Å². The number of thioether (sulfide) groups is 1. The van der Waals surface area contributed by atoms with Crippen LogP contribution in [0.1, 0.15) is 6.42 Å². The monoisotopic (exact) mass is 371 g/mol. The lowest BCUT2D eigenvalue weighted by molar-refractivity contribution is -0.147. The molecule has 1 atom stereocenters. The number of aliphatic carboxylic acids is 2. The summed E-state index contributed by atoms with van der Waals surface area (Å²) in [6, 6.07) is 7.18. The molecule has 1 heterocycles. The molecule has 1 aromatic carbocycles. The van der Waals surface area contributed by atoms with Crippen LogP contribution < -0.4 is 10.6 Å². The molecule has 0 spiro atoms. The molecule has 2 aromatic rings. The second-order valence-electron chi connectivity index (χ2n) is 4.89. The van der Waals surface area contributed by atoms with Crippen LogP contribution in [0.15, 0.2) is 33.9 Å². The van der Waals surface area contributed by atoms with Crippen LogP contribution in [-0.2, 0) is 9.59 Å². The van der Waals surface area contributed by atoms with Crippen molar-refractivity contribution in [3.63, 3.8) is 0 Å². The van der Waals surface area contributed by atoms with Gasteiger partial charge in [0.25, 0.3) is 5.22 Å². The summed E-state index contributed by atoms with van der Waals surface area (Å²) in [6.45, 7) is 0. The average molecular weight is 371 g/mol. The van der Waals surface area contributed by atoms with Crippen molar-refractivity contribution >= 4 is 34.8 Å². The van der Waals surface area contributed by atoms with E-state index in [2.05, 4.69) is 15.6 Å². The first kappa shape index (κ1) is 22.9. The molecule has 0 aliphatic carbocycles. The molecule has 0 amide bonds. The lowest BCUT2D eigenvalue weighted by Crippen LogP contribution is -2.20. The maximum atomic E-state index is 10.9. The Morgan fingerprint density at radius 2 is 1.72 bits per heavy atom. The van der Waals surface area contributed by atoms with Crippen LogP contribution in [0.2, 0.25) is 0 Å². The van der Waals surface area contributed by atoms with Gasteiger partial charge in [0, 0.05) is 5.75 Å². The van der Waals surface area contributed by atoms with E-state index in [9.17, 15) is 9.59 Å². The first-order valence-corrected chi connectivity index (χ1v) is 8.48. The predicted octanol–water partition coefficient (Wildman–Crippen LogP) is 1.77. The van der Waals surface area contributed by atoms with Gasteiger partial charge in [-0.25, -0.2) is 4.98 Å². The molecule has 1 aromatic heterocycles. The summed E-state index contributed by atoms with van der Waals surface area (Å²) in [4.78, 5) is 25.6. The molecule has 25 heavy (non-hydrogen) atoms. The Labute approximate surface area is 151 Å². The first-order valence-electron chi connectivity index (χ1n) is 7.49. The van der Waals surface area contributed by atoms with E-state index in [1.165, 1.54) is 0 Å². The highest BCUT2D eigenvalue weighted by Crippen LogP contribution is 2.25. The van der Waals surface area contributed by atoms with Crippen molar-refractivity contribution in [1.82, 2.24) is 15.6 Å². The van der Waals surface area contributed by atoms with Crippen LogP contribution in [-0.4, -0.2) is 61.1 Å². The topological polar surface area (TPSA) is 125 Å². The molecule has 140 valence electrons. The Balaban J connectivity index is 0.000000844. The third-order valence-corrected chi connectivity index (χ3v) is 3.44. The Kier molecular flexibility index (Phi) is 12.1. The predicted molar refractivity (Wildman–Crippen MR) is 98.1 cm³/mol. The molecule has 9 heteroatoms. The van der Waals surface area contributed by atoms with Gasteiger partial charge in [-0.05, 0) is 40.3 Å². The minimum atomic E-state index is -1.13. The number of aromatic nitrogens is 1. The number of hydrogen-bond donors (Lipinski definition) is 4. The van der Waals surface area contributed by atoms with Gasteiger partial charge in [0.2, 0.25) is 0 Å². The number of fused-ring (bicyclic) bond motifs is 1. The molecule has 1 unspecified atom stereocenters. The molecule has 0 aliphatic rings. The minimum absolute atomic E-state index is 0.106. The normalized spacial score (nSPS) is 10.9. The van der Waals surface area contributed by atoms with E-state index in [1.807, 2.05) is 40.3 Å². The van der Waals surface area contributed by atoms with Crippen molar-refractivity contribution < 1.29 is 24.2 Å². The van der Waals surface area contributed by atoms with Gasteiger partial charge in [0.05, 0.1) is 12.3 Å². The highest BCUT2D eigenvalue weighted by Gasteiger charge is 2.22. The van der Waals surface area contributed by atoms with Gasteiger partial charge in [0.15, 0.2) is 5.58 Å². The zero-order valence-corrected chi connectivity index (χ0v) is 15.6. The maximum Gasteiger partial charge on any atom is 0.307 e. The largest absolute Gasteiger partial charge is 0.481 e. The number of para-hydroxylation sites is 2. The number of benzene rings is 1. The number of carbonyl (C=O) groups is 2. The molecule has 0 fully saturated rings. The fourth-order valence-corrected chi connectivity index (χ4v) is 2.43. The third-order valence-electron chi connectivity index (χ3n) is 2.45. The SMILES string of the molecule is CNC.CNC.O=C(O)CC(CSc1nc2ccccc2o1)C(=O)O. The quantitative estimate of drug-likeness (QED) is 0.562. The molecule has 0 saturated heterocycles. The lowest BCUT2D eigenvalue weighted by atomic mass is 10.1. The van der Waals surface area contributed by atoms with Crippen molar-refractivity contribution in [3.05, 3.63) is 24.3 Å². The molecule has 0 aliphatic heterocycles. The van der Waals surface area contributed by atoms with E-state index in [4.69, 9.17) is 14.6 Å². The van der Waals surface area contributed by atoms with Crippen LogP contribution in [0.25, 0.3) is 11.1 Å². The second-order valence-corrected chi connectivity index (χ2v) is 5.86. The van der Waals surface area contributed by atoms with Gasteiger partial charge in [-0.2, -0.15) is 0 Å². The smallest absolute Gasteiger partial charge is 0.307 e. The van der Waals surface area contributed by atoms with E-state index < -0.39 is 24.3 Å². The molecule has 0 radical (unpaired) electrons. The number of carboxylic acid groups (broad SMARTS) is 2. The van der Waals surface area contributed by atoms with Gasteiger partial charge in [-0.1, -0.05) is 23.9 Å². The number of rotatable bonds is 6. The van der Waals surface area contributed by atoms with Crippen molar-refractivity contribution in [2.45, 2.75) is 11.6 Å². The zero-order chi connectivity index (χ0) is 19.2. The number of carboxylic acids is 2. The summed E-state index contributed by atoms with van der Waals surface area (Å²) >= 11 is 1.10. The van der Waals surface area contributed by atoms with E-state index in [1.54, 1.807) is 12.1 Å². The van der Waals surface area contributed by atoms with Crippen LogP contribution in [0.4, 0.5) is 0 Å². The molecule has 4 N–H and O–H groups in total. The number of hydrogen-bond acceptors (Lipinski definition) is 7. The van der Waals surface area contributed by atoms with Crippen molar-refractivity contribution in [2.24, 2.45) is 5.92 Å². The van der Waals surface area contributed by atoms with Gasteiger partial charge in [-0.3, -0.25) is 9.59 Å². The highest BCUT2D eigenvalue weighted by atomic mass is 32.2. The summed E-state index contributed by atoms with van der Waals surface area (Å²) in [5, 5.41) is 23.4. The number of nitrogens with one attached hydrogen (secondary N) is 2. The maximum absolute atomic E-state index is 10.9. The fraction of sp³-hybridized carbons (Fsp3) is 0.438. The van der Waals surface area contributed by atoms with Crippen LogP contribution in [0.3, 0.4) is 0 Å². The van der Waals surface area contributed by atoms with E-state index in [0.717, 1.165) is 11.8 Å². The van der Waals surface area contributed by atoms with Crippen LogP contribution in [0, 0.1) is 5.92 Å². The summed E-state index contributed by atoms with van der Waals surface area (Å²) < 4.78 is 5.41. The molecule has 0 saturated carbocycles. The number of nitrogens with zero attached hydrogens (tertiary/aromatic N) is 1. The van der Waals surface area contributed by atoms with E-state index >= 15 is 0 Å². The Morgan fingerprint density at radius 3 is 2.20 bits per heavy atom. The van der Waals surface area contributed by atoms with Gasteiger partial charge < -0.3 is 25.3 Å². The van der Waals surface area contributed by atoms with Crippen molar-refractivity contribution in [1.29, 1.82) is 0 Å². The summed E-state index contributed by atoms with van der Waals surface area (Å²) in [5.74, 6) is -3.12. The Hall–Kier alpha value is -2.10. The summed E-state index contributed by atoms with van der Waals surface area (Å²) in [5.41, 5.74) is 1.31. The van der Waals surface area contributed by atoms with Crippen LogP contribution >= 0.6 is 11.8 Å². The van der Waals surface area contributed by atoms with Crippen molar-refractivity contribution in [2.75, 3.05) is 33.9 Å². The lowest BCUT2D eigenvalue weighted by Gasteiger charge is -2.06.